The average molecular weight is 1120 g/mol. The Labute approximate surface area is 452 Å². The minimum Gasteiger partial charge on any atom is -0.380 e. The summed E-state index contributed by atoms with van der Waals surface area (Å²) >= 11 is 0. The molecule has 16 nitrogen and oxygen atoms in total. The van der Waals surface area contributed by atoms with Crippen LogP contribution in [-0.2, 0) is 41.6 Å². The second-order valence-electron chi connectivity index (χ2n) is 18.6. The Kier molecular flexibility index (Phi) is 15.7. The molecule has 6 aromatic heterocycles. The van der Waals surface area contributed by atoms with Crippen molar-refractivity contribution in [2.24, 2.45) is 19.2 Å². The number of nitrogens with two attached hydrogens (primary N) is 1. The normalized spacial score (nSPS) is 12.5. The number of primary sulfonamides is 1. The molecule has 0 aliphatic carbocycles. The molecule has 10 aromatic rings. The molecule has 0 unspecified atom stereocenters. The van der Waals surface area contributed by atoms with Gasteiger partial charge in [-0.1, -0.05) is 18.2 Å². The molecule has 23 heteroatoms. The summed E-state index contributed by atoms with van der Waals surface area (Å²) in [5.41, 5.74) is 6.58. The first-order valence-corrected chi connectivity index (χ1v) is 26.0. The van der Waals surface area contributed by atoms with Gasteiger partial charge in [-0.2, -0.15) is 13.2 Å². The van der Waals surface area contributed by atoms with Crippen LogP contribution < -0.4 is 21.1 Å². The second kappa shape index (κ2) is 22.6. The number of pyridine rings is 3. The molecule has 0 saturated carbocycles. The molecular formula is C57H48F6N10O6S. The highest BCUT2D eigenvalue weighted by molar-refractivity contribution is 7.89. The average Bonchev–Trinajstić information content (AvgIpc) is 4.07. The van der Waals surface area contributed by atoms with Crippen LogP contribution in [-0.4, -0.2) is 68.0 Å². The molecule has 1 saturated heterocycles. The van der Waals surface area contributed by atoms with Gasteiger partial charge in [-0.25, -0.2) is 26.7 Å². The van der Waals surface area contributed by atoms with Crippen molar-refractivity contribution in [3.63, 3.8) is 0 Å². The van der Waals surface area contributed by atoms with Crippen LogP contribution in [0.2, 0.25) is 0 Å². The van der Waals surface area contributed by atoms with E-state index in [1.165, 1.54) is 54.4 Å². The van der Waals surface area contributed by atoms with Gasteiger partial charge in [0.2, 0.25) is 10.0 Å². The maximum atomic E-state index is 13.6. The van der Waals surface area contributed by atoms with Gasteiger partial charge in [-0.05, 0) is 109 Å². The fraction of sp³-hybridized carbons (Fsp3) is 0.158. The first-order chi connectivity index (χ1) is 38.0. The maximum Gasteiger partial charge on any atom is 0.433 e. The monoisotopic (exact) mass is 1110 g/mol. The molecule has 0 bridgehead atoms. The van der Waals surface area contributed by atoms with Crippen LogP contribution in [0.4, 0.5) is 43.4 Å². The Morgan fingerprint density at radius 1 is 0.650 bits per heavy atom. The standard InChI is InChI=1S/C22H16F3N3O.C19H19N3O2.C16H13F3N4O3S/c1-2-28-12-18(22(29)27-16-9-15(23)10-26-11-16)17-7-13(4-6-21(17)28)14-3-5-19(24)20(25)8-14;1-12-7-15(5-6-20-12)21-19(23)17-9-22(2)18-4-3-13(8-16(17)18)14-10-24-11-14;1-23-8-12(11-7-10(27(20,25)26)2-3-13(11)23)15(24)22-9-4-5-21-14(6-9)16(17,18)19/h3-12H,2H2,1H3,(H,27,29);3-9,14H,10-11H2,1-2H3,(H,20,21,23);2-8H,1H3,(H2,20,25,26)(H,21,22,24). The third kappa shape index (κ3) is 12.2. The number of nitrogens with one attached hydrogen (secondary N) is 3. The maximum absolute atomic E-state index is 13.6. The highest BCUT2D eigenvalue weighted by Crippen LogP contribution is 2.33. The number of aryl methyl sites for hydroxylation is 4. The van der Waals surface area contributed by atoms with Crippen LogP contribution in [0.1, 0.15) is 60.9 Å². The van der Waals surface area contributed by atoms with Crippen molar-refractivity contribution in [2.75, 3.05) is 29.2 Å². The van der Waals surface area contributed by atoms with E-state index in [1.54, 1.807) is 42.2 Å². The SMILES string of the molecule is CCn1cc(C(=O)Nc2cncc(F)c2)c2cc(-c3ccc(F)c(F)c3)ccc21.Cc1cc(NC(=O)c2cn(C)c3ccc(C4COC4)cc23)ccn1.Cn1cc(C(=O)Nc2ccnc(C(F)(F)F)c2)c2cc(S(N)(=O)=O)ccc21. The number of alkyl halides is 3. The second-order valence-corrected chi connectivity index (χ2v) is 20.2. The van der Waals surface area contributed by atoms with Gasteiger partial charge in [-0.15, -0.1) is 0 Å². The summed E-state index contributed by atoms with van der Waals surface area (Å²) in [7, 11) is -0.380. The number of rotatable bonds is 10. The minimum atomic E-state index is -4.65. The number of carbonyl (C=O) groups is 3. The molecule has 1 fully saturated rings. The van der Waals surface area contributed by atoms with E-state index in [0.29, 0.717) is 57.1 Å². The lowest BCUT2D eigenvalue weighted by molar-refractivity contribution is -0.141. The van der Waals surface area contributed by atoms with Crippen LogP contribution in [0.5, 0.6) is 0 Å². The summed E-state index contributed by atoms with van der Waals surface area (Å²) < 4.78 is 112. The van der Waals surface area contributed by atoms with Crippen LogP contribution in [0.15, 0.2) is 151 Å². The topological polar surface area (TPSA) is 210 Å². The van der Waals surface area contributed by atoms with E-state index in [2.05, 4.69) is 49.1 Å². The highest BCUT2D eigenvalue weighted by Gasteiger charge is 2.33. The number of nitrogens with zero attached hydrogens (tertiary/aromatic N) is 6. The number of hydrogen-bond acceptors (Lipinski definition) is 9. The van der Waals surface area contributed by atoms with Crippen LogP contribution in [0, 0.1) is 24.4 Å². The third-order valence-electron chi connectivity index (χ3n) is 13.0. The van der Waals surface area contributed by atoms with Gasteiger partial charge in [0.05, 0.1) is 52.9 Å². The molecule has 80 heavy (non-hydrogen) atoms. The van der Waals surface area contributed by atoms with Crippen molar-refractivity contribution in [3.8, 4) is 11.1 Å². The molecule has 1 aliphatic heterocycles. The van der Waals surface area contributed by atoms with E-state index < -0.39 is 51.2 Å². The van der Waals surface area contributed by atoms with Crippen molar-refractivity contribution in [1.29, 1.82) is 0 Å². The minimum absolute atomic E-state index is 0.0865. The molecule has 0 spiro atoms. The number of amides is 3. The summed E-state index contributed by atoms with van der Waals surface area (Å²) in [6, 6.07) is 26.2. The fourth-order valence-corrected chi connectivity index (χ4v) is 9.50. The number of carbonyl (C=O) groups excluding carboxylic acids is 3. The number of ether oxygens (including phenoxy) is 1. The lowest BCUT2D eigenvalue weighted by Crippen LogP contribution is -2.24. The highest BCUT2D eigenvalue weighted by atomic mass is 32.2. The fourth-order valence-electron chi connectivity index (χ4n) is 8.96. The van der Waals surface area contributed by atoms with E-state index in [9.17, 15) is 49.1 Å². The van der Waals surface area contributed by atoms with Crippen LogP contribution >= 0.6 is 0 Å². The van der Waals surface area contributed by atoms with Gasteiger partial charge in [0.1, 0.15) is 11.5 Å². The zero-order valence-electron chi connectivity index (χ0n) is 42.9. The first kappa shape index (κ1) is 55.6. The summed E-state index contributed by atoms with van der Waals surface area (Å²) in [5, 5.41) is 15.0. The van der Waals surface area contributed by atoms with E-state index in [0.717, 1.165) is 65.5 Å². The Morgan fingerprint density at radius 3 is 1.80 bits per heavy atom. The Bertz CT molecular complexity index is 4160. The van der Waals surface area contributed by atoms with E-state index in [-0.39, 0.29) is 27.7 Å². The van der Waals surface area contributed by atoms with Crippen molar-refractivity contribution in [2.45, 2.75) is 37.4 Å². The van der Waals surface area contributed by atoms with Gasteiger partial charge in [0.25, 0.3) is 17.7 Å². The first-order valence-electron chi connectivity index (χ1n) is 24.4. The number of aromatic nitrogens is 6. The molecule has 4 aromatic carbocycles. The molecule has 0 atom stereocenters. The van der Waals surface area contributed by atoms with Crippen LogP contribution in [0.25, 0.3) is 43.8 Å². The zero-order chi connectivity index (χ0) is 57.2. The molecule has 7 heterocycles. The zero-order valence-corrected chi connectivity index (χ0v) is 43.8. The largest absolute Gasteiger partial charge is 0.433 e. The number of fused-ring (bicyclic) bond motifs is 3. The smallest absolute Gasteiger partial charge is 0.380 e. The van der Waals surface area contributed by atoms with E-state index in [1.807, 2.05) is 48.4 Å². The molecular weight excluding hydrogens is 1070 g/mol. The summed E-state index contributed by atoms with van der Waals surface area (Å²) in [6.07, 6.45) is 5.42. The van der Waals surface area contributed by atoms with Crippen molar-refractivity contribution in [3.05, 3.63) is 198 Å². The van der Waals surface area contributed by atoms with Gasteiger partial charge < -0.3 is 34.4 Å². The van der Waals surface area contributed by atoms with Gasteiger partial charge in [-0.3, -0.25) is 29.3 Å². The molecule has 11 rings (SSSR count). The third-order valence-corrected chi connectivity index (χ3v) is 14.0. The Balaban J connectivity index is 0.000000146. The molecule has 5 N–H and O–H groups in total. The van der Waals surface area contributed by atoms with Crippen molar-refractivity contribution >= 4 is 77.5 Å². The Hall–Kier alpha value is -9.19. The summed E-state index contributed by atoms with van der Waals surface area (Å²) in [4.78, 5) is 49.1. The predicted molar refractivity (Wildman–Crippen MR) is 290 cm³/mol. The number of anilines is 3. The van der Waals surface area contributed by atoms with Crippen molar-refractivity contribution in [1.82, 2.24) is 28.7 Å². The quantitative estimate of drug-likeness (QED) is 0.0959. The number of benzene rings is 4. The Morgan fingerprint density at radius 2 is 1.21 bits per heavy atom. The molecule has 3 amide bonds. The summed E-state index contributed by atoms with van der Waals surface area (Å²) in [6.45, 7) is 6.00. The molecule has 410 valence electrons. The van der Waals surface area contributed by atoms with E-state index >= 15 is 0 Å². The molecule has 1 aliphatic rings. The lowest BCUT2D eigenvalue weighted by atomic mass is 9.95. The number of sulfonamides is 1. The van der Waals surface area contributed by atoms with Gasteiger partial charge >= 0.3 is 6.18 Å². The van der Waals surface area contributed by atoms with Gasteiger partial charge in [0.15, 0.2) is 11.6 Å². The lowest BCUT2D eigenvalue weighted by Gasteiger charge is -2.26. The van der Waals surface area contributed by atoms with Gasteiger partial charge in [0, 0.05) is 113 Å². The summed E-state index contributed by atoms with van der Waals surface area (Å²) in [5.74, 6) is -3.20. The predicted octanol–water partition coefficient (Wildman–Crippen LogP) is 11.1. The number of halogens is 6. The van der Waals surface area contributed by atoms with Crippen molar-refractivity contribution < 1.29 is 53.9 Å². The van der Waals surface area contributed by atoms with Crippen LogP contribution in [0.3, 0.4) is 0 Å². The molecule has 0 radical (unpaired) electrons. The van der Waals surface area contributed by atoms with E-state index in [4.69, 9.17) is 9.88 Å². The number of hydrogen-bond donors (Lipinski definition) is 4.